The number of nitriles is 1. The molecule has 7 heteroatoms. The maximum absolute atomic E-state index is 13.3. The summed E-state index contributed by atoms with van der Waals surface area (Å²) in [5.41, 5.74) is -0.578. The van der Waals surface area contributed by atoms with Crippen LogP contribution in [0, 0.1) is 23.0 Å². The third-order valence-electron chi connectivity index (χ3n) is 2.49. The van der Waals surface area contributed by atoms with E-state index in [1.165, 1.54) is 6.07 Å². The molecule has 1 N–H and O–H groups in total. The molecule has 0 atom stereocenters. The molecule has 0 aromatic heterocycles. The predicted molar refractivity (Wildman–Crippen MR) is 55.0 cm³/mol. The Morgan fingerprint density at radius 2 is 1.94 bits per heavy atom. The molecule has 1 heterocycles. The molecule has 1 fully saturated rings. The van der Waals surface area contributed by atoms with Gasteiger partial charge in [-0.2, -0.15) is 5.26 Å². The van der Waals surface area contributed by atoms with Gasteiger partial charge in [0.05, 0.1) is 13.1 Å². The third kappa shape index (κ3) is 2.00. The van der Waals surface area contributed by atoms with Gasteiger partial charge in [-0.1, -0.05) is 0 Å². The topological polar surface area (TPSA) is 73.2 Å². The molecule has 18 heavy (non-hydrogen) atoms. The molecule has 3 amide bonds. The van der Waals surface area contributed by atoms with Crippen molar-refractivity contribution in [3.05, 3.63) is 34.9 Å². The Balaban J connectivity index is 2.28. The number of nitrogens with zero attached hydrogens (tertiary/aromatic N) is 2. The van der Waals surface area contributed by atoms with Gasteiger partial charge in [-0.3, -0.25) is 9.69 Å². The number of amides is 3. The van der Waals surface area contributed by atoms with Gasteiger partial charge in [0.15, 0.2) is 0 Å². The Hall–Kier alpha value is -2.49. The number of halogens is 2. The first-order valence-corrected chi connectivity index (χ1v) is 4.99. The monoisotopic (exact) mass is 251 g/mol. The van der Waals surface area contributed by atoms with Crippen LogP contribution in [0.5, 0.6) is 0 Å². The largest absolute Gasteiger partial charge is 0.329 e. The van der Waals surface area contributed by atoms with Crippen LogP contribution in [0.4, 0.5) is 13.6 Å². The minimum absolute atomic E-state index is 0.106. The van der Waals surface area contributed by atoms with Crippen LogP contribution in [0.2, 0.25) is 0 Å². The lowest BCUT2D eigenvalue weighted by Gasteiger charge is -2.12. The minimum atomic E-state index is -1.01. The summed E-state index contributed by atoms with van der Waals surface area (Å²) in [5.74, 6) is -2.50. The summed E-state index contributed by atoms with van der Waals surface area (Å²) >= 11 is 0. The van der Waals surface area contributed by atoms with E-state index in [0.29, 0.717) is 0 Å². The van der Waals surface area contributed by atoms with Gasteiger partial charge in [-0.15, -0.1) is 0 Å². The van der Waals surface area contributed by atoms with Crippen molar-refractivity contribution in [2.75, 3.05) is 6.54 Å². The molecule has 1 aromatic carbocycles. The predicted octanol–water partition coefficient (Wildman–Crippen LogP) is 0.888. The summed E-state index contributed by atoms with van der Waals surface area (Å²) in [6, 6.07) is 2.65. The van der Waals surface area contributed by atoms with Crippen LogP contribution >= 0.6 is 0 Å². The van der Waals surface area contributed by atoms with Gasteiger partial charge < -0.3 is 5.32 Å². The van der Waals surface area contributed by atoms with E-state index < -0.39 is 29.1 Å². The highest BCUT2D eigenvalue weighted by Crippen LogP contribution is 2.16. The Morgan fingerprint density at radius 1 is 1.33 bits per heavy atom. The summed E-state index contributed by atoms with van der Waals surface area (Å²) in [5, 5.41) is 10.8. The van der Waals surface area contributed by atoms with E-state index in [1.807, 2.05) is 0 Å². The molecule has 92 valence electrons. The fourth-order valence-electron chi connectivity index (χ4n) is 1.62. The quantitative estimate of drug-likeness (QED) is 0.793. The number of urea groups is 1. The van der Waals surface area contributed by atoms with Crippen molar-refractivity contribution in [3.8, 4) is 6.07 Å². The normalized spacial score (nSPS) is 14.6. The second-order valence-electron chi connectivity index (χ2n) is 3.68. The van der Waals surface area contributed by atoms with Crippen molar-refractivity contribution in [1.82, 2.24) is 10.2 Å². The maximum atomic E-state index is 13.3. The molecule has 0 saturated carbocycles. The highest BCUT2D eigenvalue weighted by atomic mass is 19.1. The molecule has 1 aliphatic heterocycles. The Morgan fingerprint density at radius 3 is 2.39 bits per heavy atom. The molecule has 1 aromatic rings. The van der Waals surface area contributed by atoms with Gasteiger partial charge >= 0.3 is 6.03 Å². The molecule has 1 saturated heterocycles. The van der Waals surface area contributed by atoms with E-state index >= 15 is 0 Å². The number of imide groups is 1. The molecule has 2 rings (SSSR count). The number of rotatable bonds is 2. The summed E-state index contributed by atoms with van der Waals surface area (Å²) in [6.45, 7) is -0.357. The van der Waals surface area contributed by atoms with Crippen LogP contribution in [0.3, 0.4) is 0 Å². The fourth-order valence-corrected chi connectivity index (χ4v) is 1.62. The number of hydrogen-bond acceptors (Lipinski definition) is 3. The summed E-state index contributed by atoms with van der Waals surface area (Å²) in [6.07, 6.45) is 0. The number of benzene rings is 1. The van der Waals surface area contributed by atoms with Crippen LogP contribution in [-0.4, -0.2) is 23.4 Å². The molecular weight excluding hydrogens is 244 g/mol. The van der Waals surface area contributed by atoms with Gasteiger partial charge in [0.25, 0.3) is 0 Å². The van der Waals surface area contributed by atoms with Gasteiger partial charge in [-0.05, 0) is 17.7 Å². The zero-order valence-electron chi connectivity index (χ0n) is 9.04. The first kappa shape index (κ1) is 12.0. The van der Waals surface area contributed by atoms with E-state index in [1.54, 1.807) is 0 Å². The Labute approximate surface area is 101 Å². The Kier molecular flexibility index (Phi) is 2.93. The van der Waals surface area contributed by atoms with E-state index in [9.17, 15) is 18.4 Å². The smallest absolute Gasteiger partial charge is 0.324 e. The zero-order chi connectivity index (χ0) is 13.3. The molecule has 1 aliphatic rings. The summed E-state index contributed by atoms with van der Waals surface area (Å²) < 4.78 is 26.6. The van der Waals surface area contributed by atoms with Gasteiger partial charge in [0.2, 0.25) is 5.91 Å². The molecule has 0 bridgehead atoms. The van der Waals surface area contributed by atoms with Crippen molar-refractivity contribution in [1.29, 1.82) is 5.26 Å². The molecule has 0 aliphatic carbocycles. The average molecular weight is 251 g/mol. The highest BCUT2D eigenvalue weighted by Gasteiger charge is 2.28. The lowest BCUT2D eigenvalue weighted by atomic mass is 10.1. The van der Waals surface area contributed by atoms with Crippen LogP contribution in [0.1, 0.15) is 11.1 Å². The number of carbonyl (C=O) groups is 2. The van der Waals surface area contributed by atoms with Crippen LogP contribution in [-0.2, 0) is 11.3 Å². The second-order valence-corrected chi connectivity index (χ2v) is 3.68. The maximum Gasteiger partial charge on any atom is 0.324 e. The first-order chi connectivity index (χ1) is 8.52. The van der Waals surface area contributed by atoms with Crippen molar-refractivity contribution in [2.45, 2.75) is 6.54 Å². The van der Waals surface area contributed by atoms with E-state index in [-0.39, 0.29) is 18.7 Å². The zero-order valence-corrected chi connectivity index (χ0v) is 9.04. The van der Waals surface area contributed by atoms with Gasteiger partial charge in [-0.25, -0.2) is 13.6 Å². The molecule has 0 radical (unpaired) electrons. The number of hydrogen-bond donors (Lipinski definition) is 1. The summed E-state index contributed by atoms with van der Waals surface area (Å²) in [7, 11) is 0. The van der Waals surface area contributed by atoms with Crippen molar-refractivity contribution < 1.29 is 18.4 Å². The average Bonchev–Trinajstić information content (AvgIpc) is 2.60. The second kappa shape index (κ2) is 4.41. The molecular formula is C11H7F2N3O2. The lowest BCUT2D eigenvalue weighted by molar-refractivity contribution is -0.125. The Bertz CT molecular complexity index is 541. The number of nitrogens with one attached hydrogen (secondary N) is 1. The summed E-state index contributed by atoms with van der Waals surface area (Å²) in [4.78, 5) is 23.4. The van der Waals surface area contributed by atoms with E-state index in [4.69, 9.17) is 5.26 Å². The van der Waals surface area contributed by atoms with Gasteiger partial charge in [0, 0.05) is 0 Å². The lowest BCUT2D eigenvalue weighted by Crippen LogP contribution is -2.30. The fraction of sp³-hybridized carbons (Fsp3) is 0.182. The van der Waals surface area contributed by atoms with E-state index in [0.717, 1.165) is 17.0 Å². The first-order valence-electron chi connectivity index (χ1n) is 4.99. The van der Waals surface area contributed by atoms with Crippen LogP contribution in [0.15, 0.2) is 12.1 Å². The van der Waals surface area contributed by atoms with Crippen LogP contribution < -0.4 is 5.32 Å². The molecule has 0 unspecified atom stereocenters. The van der Waals surface area contributed by atoms with E-state index in [2.05, 4.69) is 5.32 Å². The number of carbonyl (C=O) groups excluding carboxylic acids is 2. The van der Waals surface area contributed by atoms with Gasteiger partial charge in [0.1, 0.15) is 23.3 Å². The molecule has 5 nitrogen and oxygen atoms in total. The minimum Gasteiger partial charge on any atom is -0.329 e. The van der Waals surface area contributed by atoms with Crippen molar-refractivity contribution in [3.63, 3.8) is 0 Å². The standard InChI is InChI=1S/C11H7F2N3O2/c12-8-1-6(2-9(13)7(8)3-14)5-16-10(17)4-15-11(16)18/h1-2H,4-5H2,(H,15,18). The van der Waals surface area contributed by atoms with Crippen LogP contribution in [0.25, 0.3) is 0 Å². The highest BCUT2D eigenvalue weighted by molar-refractivity contribution is 6.01. The van der Waals surface area contributed by atoms with Crippen molar-refractivity contribution in [2.24, 2.45) is 0 Å². The SMILES string of the molecule is N#Cc1c(F)cc(CN2C(=O)CNC2=O)cc1F. The van der Waals surface area contributed by atoms with Crippen molar-refractivity contribution >= 4 is 11.9 Å². The third-order valence-corrected chi connectivity index (χ3v) is 2.49. The molecule has 0 spiro atoms.